The second-order valence-corrected chi connectivity index (χ2v) is 8.03. The monoisotopic (exact) mass is 314 g/mol. The number of aryl methyl sites for hydroxylation is 1. The SMILES string of the molecule is Cc1cc(N)c(C)c(S(=O)(=O)NCC(C)(C)CCO)c1C. The molecule has 0 aliphatic carbocycles. The van der Waals surface area contributed by atoms with Gasteiger partial charge in [-0.25, -0.2) is 13.1 Å². The van der Waals surface area contributed by atoms with Crippen LogP contribution in [-0.2, 0) is 10.0 Å². The van der Waals surface area contributed by atoms with Crippen LogP contribution in [0.5, 0.6) is 0 Å². The number of nitrogens with two attached hydrogens (primary N) is 1. The zero-order valence-corrected chi connectivity index (χ0v) is 14.3. The van der Waals surface area contributed by atoms with Crippen LogP contribution in [0.25, 0.3) is 0 Å². The Kier molecular flexibility index (Phi) is 5.41. The van der Waals surface area contributed by atoms with Gasteiger partial charge in [-0.05, 0) is 55.4 Å². The van der Waals surface area contributed by atoms with Gasteiger partial charge in [-0.2, -0.15) is 0 Å². The number of aliphatic hydroxyl groups is 1. The zero-order valence-electron chi connectivity index (χ0n) is 13.4. The molecule has 0 aliphatic heterocycles. The minimum absolute atomic E-state index is 0.0319. The topological polar surface area (TPSA) is 92.4 Å². The first-order valence-corrected chi connectivity index (χ1v) is 8.47. The van der Waals surface area contributed by atoms with Crippen molar-refractivity contribution in [1.29, 1.82) is 0 Å². The molecule has 0 bridgehead atoms. The van der Waals surface area contributed by atoms with Crippen LogP contribution >= 0.6 is 0 Å². The summed E-state index contributed by atoms with van der Waals surface area (Å²) < 4.78 is 27.8. The molecule has 21 heavy (non-hydrogen) atoms. The third-order valence-corrected chi connectivity index (χ3v) is 5.55. The molecule has 0 spiro atoms. The minimum atomic E-state index is -3.63. The highest BCUT2D eigenvalue weighted by molar-refractivity contribution is 7.89. The molecule has 0 radical (unpaired) electrons. The van der Waals surface area contributed by atoms with Gasteiger partial charge in [0.05, 0.1) is 4.90 Å². The molecule has 4 N–H and O–H groups in total. The summed E-state index contributed by atoms with van der Waals surface area (Å²) in [5.74, 6) is 0. The van der Waals surface area contributed by atoms with Crippen molar-refractivity contribution in [1.82, 2.24) is 4.72 Å². The summed E-state index contributed by atoms with van der Waals surface area (Å²) in [6.45, 7) is 9.48. The van der Waals surface area contributed by atoms with Gasteiger partial charge in [0.2, 0.25) is 10.0 Å². The smallest absolute Gasteiger partial charge is 0.241 e. The number of rotatable bonds is 6. The van der Waals surface area contributed by atoms with Crippen LogP contribution in [-0.4, -0.2) is 26.7 Å². The van der Waals surface area contributed by atoms with Crippen molar-refractivity contribution in [3.63, 3.8) is 0 Å². The number of nitrogens with one attached hydrogen (secondary N) is 1. The number of nitrogen functional groups attached to an aromatic ring is 1. The predicted molar refractivity (Wildman–Crippen MR) is 85.7 cm³/mol. The van der Waals surface area contributed by atoms with Crippen LogP contribution in [0.2, 0.25) is 0 Å². The van der Waals surface area contributed by atoms with Gasteiger partial charge in [0.1, 0.15) is 0 Å². The Labute approximate surface area is 127 Å². The van der Waals surface area contributed by atoms with E-state index in [2.05, 4.69) is 4.72 Å². The molecule has 1 aromatic carbocycles. The molecule has 0 unspecified atom stereocenters. The number of sulfonamides is 1. The van der Waals surface area contributed by atoms with Crippen LogP contribution in [0, 0.1) is 26.2 Å². The average Bonchev–Trinajstić information content (AvgIpc) is 2.34. The fourth-order valence-corrected chi connectivity index (χ4v) is 4.01. The van der Waals surface area contributed by atoms with E-state index >= 15 is 0 Å². The Hall–Kier alpha value is -1.11. The molecule has 5 nitrogen and oxygen atoms in total. The molecule has 1 aromatic rings. The Morgan fingerprint density at radius 3 is 2.33 bits per heavy atom. The van der Waals surface area contributed by atoms with E-state index < -0.39 is 10.0 Å². The normalized spacial score (nSPS) is 12.7. The number of aliphatic hydroxyl groups excluding tert-OH is 1. The van der Waals surface area contributed by atoms with Crippen LogP contribution < -0.4 is 10.5 Å². The van der Waals surface area contributed by atoms with E-state index in [1.165, 1.54) is 0 Å². The first-order valence-electron chi connectivity index (χ1n) is 6.98. The third kappa shape index (κ3) is 4.18. The average molecular weight is 314 g/mol. The quantitative estimate of drug-likeness (QED) is 0.699. The number of hydrogen-bond acceptors (Lipinski definition) is 4. The van der Waals surface area contributed by atoms with Crippen molar-refractivity contribution >= 4 is 15.7 Å². The minimum Gasteiger partial charge on any atom is -0.398 e. The van der Waals surface area contributed by atoms with Crippen molar-refractivity contribution < 1.29 is 13.5 Å². The Morgan fingerprint density at radius 1 is 1.24 bits per heavy atom. The summed E-state index contributed by atoms with van der Waals surface area (Å²) in [7, 11) is -3.63. The van der Waals surface area contributed by atoms with Gasteiger partial charge in [0, 0.05) is 18.8 Å². The molecule has 0 fully saturated rings. The number of benzene rings is 1. The summed E-state index contributed by atoms with van der Waals surface area (Å²) in [5, 5.41) is 9.02. The van der Waals surface area contributed by atoms with Crippen molar-refractivity contribution in [2.24, 2.45) is 5.41 Å². The lowest BCUT2D eigenvalue weighted by Crippen LogP contribution is -2.35. The lowest BCUT2D eigenvalue weighted by atomic mass is 9.90. The molecule has 0 atom stereocenters. The van der Waals surface area contributed by atoms with E-state index in [0.29, 0.717) is 23.2 Å². The summed E-state index contributed by atoms with van der Waals surface area (Å²) in [5.41, 5.74) is 8.21. The second-order valence-electron chi connectivity index (χ2n) is 6.32. The van der Waals surface area contributed by atoms with Gasteiger partial charge in [0.25, 0.3) is 0 Å². The van der Waals surface area contributed by atoms with Gasteiger partial charge in [-0.1, -0.05) is 13.8 Å². The fourth-order valence-electron chi connectivity index (χ4n) is 2.20. The van der Waals surface area contributed by atoms with E-state index in [-0.39, 0.29) is 23.5 Å². The maximum atomic E-state index is 12.6. The Balaban J connectivity index is 3.16. The summed E-state index contributed by atoms with van der Waals surface area (Å²) in [6.07, 6.45) is 0.531. The fraction of sp³-hybridized carbons (Fsp3) is 0.600. The lowest BCUT2D eigenvalue weighted by Gasteiger charge is -2.24. The Bertz CT molecular complexity index is 596. The maximum Gasteiger partial charge on any atom is 0.241 e. The van der Waals surface area contributed by atoms with Crippen molar-refractivity contribution in [3.8, 4) is 0 Å². The molecule has 1 rings (SSSR count). The molecular weight excluding hydrogens is 288 g/mol. The van der Waals surface area contributed by atoms with Crippen LogP contribution in [0.3, 0.4) is 0 Å². The predicted octanol–water partition coefficient (Wildman–Crippen LogP) is 1.88. The largest absolute Gasteiger partial charge is 0.398 e. The van der Waals surface area contributed by atoms with Gasteiger partial charge in [-0.3, -0.25) is 0 Å². The van der Waals surface area contributed by atoms with E-state index in [9.17, 15) is 8.42 Å². The summed E-state index contributed by atoms with van der Waals surface area (Å²) >= 11 is 0. The van der Waals surface area contributed by atoms with Crippen molar-refractivity contribution in [2.45, 2.75) is 45.9 Å². The molecule has 0 aliphatic rings. The van der Waals surface area contributed by atoms with Gasteiger partial charge in [0.15, 0.2) is 0 Å². The molecule has 0 amide bonds. The van der Waals surface area contributed by atoms with E-state index in [4.69, 9.17) is 10.8 Å². The van der Waals surface area contributed by atoms with Crippen LogP contribution in [0.15, 0.2) is 11.0 Å². The maximum absolute atomic E-state index is 12.6. The molecule has 0 saturated carbocycles. The molecular formula is C15H26N2O3S. The zero-order chi connectivity index (χ0) is 16.4. The second kappa shape index (κ2) is 6.34. The van der Waals surface area contributed by atoms with Gasteiger partial charge >= 0.3 is 0 Å². The van der Waals surface area contributed by atoms with Crippen LogP contribution in [0.4, 0.5) is 5.69 Å². The highest BCUT2D eigenvalue weighted by Crippen LogP contribution is 2.28. The third-order valence-electron chi connectivity index (χ3n) is 3.88. The molecule has 0 saturated heterocycles. The summed E-state index contributed by atoms with van der Waals surface area (Å²) in [6, 6.07) is 1.79. The van der Waals surface area contributed by atoms with Crippen molar-refractivity contribution in [3.05, 3.63) is 22.8 Å². The molecule has 0 heterocycles. The van der Waals surface area contributed by atoms with Gasteiger partial charge in [-0.15, -0.1) is 0 Å². The first kappa shape index (κ1) is 17.9. The number of anilines is 1. The highest BCUT2D eigenvalue weighted by atomic mass is 32.2. The lowest BCUT2D eigenvalue weighted by molar-refractivity contribution is 0.213. The highest BCUT2D eigenvalue weighted by Gasteiger charge is 2.25. The molecule has 120 valence electrons. The first-order chi connectivity index (χ1) is 9.52. The van der Waals surface area contributed by atoms with Crippen molar-refractivity contribution in [2.75, 3.05) is 18.9 Å². The van der Waals surface area contributed by atoms with Crippen LogP contribution in [0.1, 0.15) is 37.0 Å². The van der Waals surface area contributed by atoms with E-state index in [0.717, 1.165) is 5.56 Å². The Morgan fingerprint density at radius 2 is 1.81 bits per heavy atom. The van der Waals surface area contributed by atoms with Gasteiger partial charge < -0.3 is 10.8 Å². The van der Waals surface area contributed by atoms with E-state index in [1.54, 1.807) is 19.9 Å². The molecule has 6 heteroatoms. The number of hydrogen-bond donors (Lipinski definition) is 3. The molecule has 0 aromatic heterocycles. The van der Waals surface area contributed by atoms with E-state index in [1.807, 2.05) is 20.8 Å². The summed E-state index contributed by atoms with van der Waals surface area (Å²) in [4.78, 5) is 0.264. The standard InChI is InChI=1S/C15H26N2O3S/c1-10-8-13(16)12(3)14(11(10)2)21(19,20)17-9-15(4,5)6-7-18/h8,17-18H,6-7,9,16H2,1-5H3.